The van der Waals surface area contributed by atoms with Crippen LogP contribution in [-0.4, -0.2) is 10.2 Å². The minimum Gasteiger partial charge on any atom is -0.356 e. The van der Waals surface area contributed by atoms with Crippen molar-refractivity contribution in [3.05, 3.63) is 71.0 Å². The molecule has 0 saturated carbocycles. The summed E-state index contributed by atoms with van der Waals surface area (Å²) >= 11 is 3.14. The number of benzene rings is 2. The summed E-state index contributed by atoms with van der Waals surface area (Å²) in [6.45, 7) is 2.82. The summed E-state index contributed by atoms with van der Waals surface area (Å²) in [5.74, 6) is 0.546. The van der Waals surface area contributed by atoms with E-state index >= 15 is 0 Å². The molecule has 3 rings (SSSR count). The van der Waals surface area contributed by atoms with Crippen LogP contribution in [0, 0.1) is 12.7 Å². The molecule has 0 aliphatic carbocycles. The molecule has 0 bridgehead atoms. The molecule has 0 unspecified atom stereocenters. The van der Waals surface area contributed by atoms with Gasteiger partial charge in [0.2, 0.25) is 5.13 Å². The fraction of sp³-hybridized carbons (Fsp3) is 0.176. The molecule has 6 heteroatoms. The summed E-state index contributed by atoms with van der Waals surface area (Å²) in [4.78, 5) is 0. The van der Waals surface area contributed by atoms with E-state index in [1.807, 2.05) is 0 Å². The van der Waals surface area contributed by atoms with Crippen molar-refractivity contribution in [2.75, 3.05) is 5.32 Å². The van der Waals surface area contributed by atoms with Gasteiger partial charge < -0.3 is 5.32 Å². The number of rotatable bonds is 6. The highest BCUT2D eigenvalue weighted by Crippen LogP contribution is 2.28. The highest BCUT2D eigenvalue weighted by molar-refractivity contribution is 8.00. The Labute approximate surface area is 143 Å². The zero-order valence-electron chi connectivity index (χ0n) is 12.6. The molecule has 3 nitrogen and oxygen atoms in total. The molecule has 0 amide bonds. The van der Waals surface area contributed by atoms with Gasteiger partial charge in [0.25, 0.3) is 0 Å². The van der Waals surface area contributed by atoms with E-state index in [0.717, 1.165) is 27.3 Å². The van der Waals surface area contributed by atoms with Crippen molar-refractivity contribution < 1.29 is 4.39 Å². The average molecular weight is 345 g/mol. The fourth-order valence-corrected chi connectivity index (χ4v) is 3.77. The van der Waals surface area contributed by atoms with Gasteiger partial charge in [0.15, 0.2) is 4.34 Å². The molecular weight excluding hydrogens is 329 g/mol. The maximum Gasteiger partial charge on any atom is 0.206 e. The largest absolute Gasteiger partial charge is 0.356 e. The lowest BCUT2D eigenvalue weighted by Crippen LogP contribution is -1.98. The standard InChI is InChI=1S/C17H16FN3S2/c1-12-3-2-4-14(9-12)10-19-16-20-21-17(23-16)22-11-13-5-7-15(18)8-6-13/h2-9H,10-11H2,1H3,(H,19,20). The smallest absolute Gasteiger partial charge is 0.206 e. The van der Waals surface area contributed by atoms with Crippen molar-refractivity contribution in [1.82, 2.24) is 10.2 Å². The third-order valence-corrected chi connectivity index (χ3v) is 5.29. The van der Waals surface area contributed by atoms with Gasteiger partial charge in [-0.15, -0.1) is 10.2 Å². The van der Waals surface area contributed by atoms with E-state index in [4.69, 9.17) is 0 Å². The second-order valence-corrected chi connectivity index (χ2v) is 7.33. The first-order chi connectivity index (χ1) is 11.2. The first-order valence-corrected chi connectivity index (χ1v) is 8.99. The first kappa shape index (κ1) is 16.0. The molecule has 0 fully saturated rings. The Hall–Kier alpha value is -1.92. The van der Waals surface area contributed by atoms with Gasteiger partial charge in [-0.05, 0) is 30.2 Å². The lowest BCUT2D eigenvalue weighted by atomic mass is 10.1. The Bertz CT molecular complexity index is 772. The van der Waals surface area contributed by atoms with Gasteiger partial charge in [-0.2, -0.15) is 0 Å². The zero-order valence-corrected chi connectivity index (χ0v) is 14.3. The number of hydrogen-bond acceptors (Lipinski definition) is 5. The minimum absolute atomic E-state index is 0.211. The van der Waals surface area contributed by atoms with E-state index in [-0.39, 0.29) is 5.82 Å². The Morgan fingerprint density at radius 2 is 1.91 bits per heavy atom. The molecule has 0 aliphatic rings. The van der Waals surface area contributed by atoms with E-state index in [2.05, 4.69) is 46.7 Å². The van der Waals surface area contributed by atoms with Crippen LogP contribution in [0.15, 0.2) is 52.9 Å². The highest BCUT2D eigenvalue weighted by atomic mass is 32.2. The molecule has 0 radical (unpaired) electrons. The molecule has 0 atom stereocenters. The van der Waals surface area contributed by atoms with E-state index in [0.29, 0.717) is 0 Å². The summed E-state index contributed by atoms with van der Waals surface area (Å²) in [5.41, 5.74) is 3.54. The molecular formula is C17H16FN3S2. The van der Waals surface area contributed by atoms with Crippen molar-refractivity contribution in [3.8, 4) is 0 Å². The molecule has 1 aromatic heterocycles. The van der Waals surface area contributed by atoms with E-state index < -0.39 is 0 Å². The van der Waals surface area contributed by atoms with Crippen LogP contribution in [0.5, 0.6) is 0 Å². The van der Waals surface area contributed by atoms with E-state index in [9.17, 15) is 4.39 Å². The number of hydrogen-bond donors (Lipinski definition) is 1. The number of nitrogens with one attached hydrogen (secondary N) is 1. The Balaban J connectivity index is 1.52. The normalized spacial score (nSPS) is 10.7. The SMILES string of the molecule is Cc1cccc(CNc2nnc(SCc3ccc(F)cc3)s2)c1. The minimum atomic E-state index is -0.211. The first-order valence-electron chi connectivity index (χ1n) is 7.19. The maximum absolute atomic E-state index is 12.9. The third-order valence-electron chi connectivity index (χ3n) is 3.21. The lowest BCUT2D eigenvalue weighted by Gasteiger charge is -2.03. The summed E-state index contributed by atoms with van der Waals surface area (Å²) in [5, 5.41) is 12.4. The van der Waals surface area contributed by atoms with Gasteiger partial charge in [-0.1, -0.05) is 65.1 Å². The van der Waals surface area contributed by atoms with Crippen LogP contribution in [0.3, 0.4) is 0 Å². The van der Waals surface area contributed by atoms with Crippen LogP contribution in [0.25, 0.3) is 0 Å². The van der Waals surface area contributed by atoms with Crippen LogP contribution in [0.1, 0.15) is 16.7 Å². The Kier molecular flexibility index (Phi) is 5.25. The predicted molar refractivity (Wildman–Crippen MR) is 94.4 cm³/mol. The molecule has 3 aromatic rings. The van der Waals surface area contributed by atoms with Gasteiger partial charge in [0.1, 0.15) is 5.82 Å². The molecule has 0 aliphatic heterocycles. The van der Waals surface area contributed by atoms with Crippen LogP contribution in [-0.2, 0) is 12.3 Å². The van der Waals surface area contributed by atoms with Gasteiger partial charge in [0.05, 0.1) is 0 Å². The summed E-state index contributed by atoms with van der Waals surface area (Å²) in [6, 6.07) is 14.9. The molecule has 0 spiro atoms. The topological polar surface area (TPSA) is 37.8 Å². The molecule has 1 N–H and O–H groups in total. The van der Waals surface area contributed by atoms with Crippen LogP contribution < -0.4 is 5.32 Å². The number of nitrogens with zero attached hydrogens (tertiary/aromatic N) is 2. The van der Waals surface area contributed by atoms with Crippen LogP contribution in [0.2, 0.25) is 0 Å². The second kappa shape index (κ2) is 7.57. The maximum atomic E-state index is 12.9. The van der Waals surface area contributed by atoms with E-state index in [1.54, 1.807) is 23.9 Å². The highest BCUT2D eigenvalue weighted by Gasteiger charge is 2.05. The number of thioether (sulfide) groups is 1. The number of halogens is 1. The summed E-state index contributed by atoms with van der Waals surface area (Å²) < 4.78 is 13.8. The quantitative estimate of drug-likeness (QED) is 0.646. The Morgan fingerprint density at radius 3 is 2.70 bits per heavy atom. The molecule has 0 saturated heterocycles. The van der Waals surface area contributed by atoms with Crippen LogP contribution >= 0.6 is 23.1 Å². The van der Waals surface area contributed by atoms with Gasteiger partial charge in [-0.3, -0.25) is 0 Å². The van der Waals surface area contributed by atoms with Crippen molar-refractivity contribution in [1.29, 1.82) is 0 Å². The predicted octanol–water partition coefficient (Wildman–Crippen LogP) is 4.89. The second-order valence-electron chi connectivity index (χ2n) is 5.13. The summed E-state index contributed by atoms with van der Waals surface area (Å²) in [6.07, 6.45) is 0. The van der Waals surface area contributed by atoms with Crippen molar-refractivity contribution in [2.24, 2.45) is 0 Å². The average Bonchev–Trinajstić information content (AvgIpc) is 3.00. The van der Waals surface area contributed by atoms with Crippen LogP contribution in [0.4, 0.5) is 9.52 Å². The van der Waals surface area contributed by atoms with Gasteiger partial charge >= 0.3 is 0 Å². The van der Waals surface area contributed by atoms with Crippen molar-refractivity contribution in [2.45, 2.75) is 23.6 Å². The fourth-order valence-electron chi connectivity index (χ4n) is 2.07. The number of aryl methyl sites for hydroxylation is 1. The van der Waals surface area contributed by atoms with Gasteiger partial charge in [0, 0.05) is 12.3 Å². The number of aromatic nitrogens is 2. The molecule has 2 aromatic carbocycles. The number of anilines is 1. The Morgan fingerprint density at radius 1 is 1.09 bits per heavy atom. The van der Waals surface area contributed by atoms with Crippen molar-refractivity contribution >= 4 is 28.2 Å². The zero-order chi connectivity index (χ0) is 16.1. The summed E-state index contributed by atoms with van der Waals surface area (Å²) in [7, 11) is 0. The molecule has 23 heavy (non-hydrogen) atoms. The van der Waals surface area contributed by atoms with Gasteiger partial charge in [-0.25, -0.2) is 4.39 Å². The molecule has 1 heterocycles. The lowest BCUT2D eigenvalue weighted by molar-refractivity contribution is 0.627. The monoisotopic (exact) mass is 345 g/mol. The van der Waals surface area contributed by atoms with E-state index in [1.165, 1.54) is 34.6 Å². The van der Waals surface area contributed by atoms with Crippen molar-refractivity contribution in [3.63, 3.8) is 0 Å². The molecule has 118 valence electrons. The third kappa shape index (κ3) is 4.77.